The summed E-state index contributed by atoms with van der Waals surface area (Å²) in [6, 6.07) is 2.06. The summed E-state index contributed by atoms with van der Waals surface area (Å²) in [6.07, 6.45) is 0.577. The lowest BCUT2D eigenvalue weighted by atomic mass is 10.0. The van der Waals surface area contributed by atoms with Crippen molar-refractivity contribution in [3.05, 3.63) is 15.4 Å². The molecule has 0 aliphatic heterocycles. The average molecular weight is 322 g/mol. The molecule has 98 valence electrons. The summed E-state index contributed by atoms with van der Waals surface area (Å²) >= 11 is 5.08. The third-order valence-electron chi connectivity index (χ3n) is 2.58. The Morgan fingerprint density at radius 2 is 2.24 bits per heavy atom. The molecule has 5 heteroatoms. The highest BCUT2D eigenvalue weighted by atomic mass is 79.9. The van der Waals surface area contributed by atoms with E-state index in [1.807, 2.05) is 13.8 Å². The predicted molar refractivity (Wildman–Crippen MR) is 75.7 cm³/mol. The monoisotopic (exact) mass is 321 g/mol. The summed E-state index contributed by atoms with van der Waals surface area (Å²) in [6.45, 7) is 5.71. The summed E-state index contributed by atoms with van der Waals surface area (Å²) in [7, 11) is 1.67. The van der Waals surface area contributed by atoms with E-state index < -0.39 is 0 Å². The van der Waals surface area contributed by atoms with Crippen LogP contribution < -0.4 is 10.1 Å². The SMILES string of the molecule is COc1sc(CNCCC(O)C(C)C)cc1Br. The number of ether oxygens (including phenoxy) is 1. The average Bonchev–Trinajstić information content (AvgIpc) is 2.64. The molecule has 17 heavy (non-hydrogen) atoms. The van der Waals surface area contributed by atoms with Crippen LogP contribution in [0.1, 0.15) is 25.1 Å². The molecule has 0 radical (unpaired) electrons. The molecule has 1 unspecified atom stereocenters. The number of aliphatic hydroxyl groups excluding tert-OH is 1. The van der Waals surface area contributed by atoms with Crippen LogP contribution in [0.4, 0.5) is 0 Å². The molecule has 0 aliphatic rings. The van der Waals surface area contributed by atoms with Gasteiger partial charge in [0.05, 0.1) is 17.7 Å². The first-order valence-corrected chi connectivity index (χ1v) is 7.36. The molecule has 1 rings (SSSR count). The molecule has 0 saturated heterocycles. The Labute approximate surface area is 115 Å². The molecule has 0 aliphatic carbocycles. The maximum atomic E-state index is 9.65. The molecule has 0 bridgehead atoms. The van der Waals surface area contributed by atoms with E-state index in [-0.39, 0.29) is 6.10 Å². The Bertz CT molecular complexity index is 341. The zero-order valence-corrected chi connectivity index (χ0v) is 12.9. The normalized spacial score (nSPS) is 13.1. The molecule has 0 aromatic carbocycles. The van der Waals surface area contributed by atoms with Crippen molar-refractivity contribution >= 4 is 27.3 Å². The third kappa shape index (κ3) is 4.95. The number of rotatable bonds is 7. The van der Waals surface area contributed by atoms with Crippen molar-refractivity contribution < 1.29 is 9.84 Å². The van der Waals surface area contributed by atoms with Crippen LogP contribution in [-0.4, -0.2) is 24.9 Å². The van der Waals surface area contributed by atoms with Crippen LogP contribution in [0.2, 0.25) is 0 Å². The van der Waals surface area contributed by atoms with Crippen molar-refractivity contribution in [3.63, 3.8) is 0 Å². The summed E-state index contributed by atoms with van der Waals surface area (Å²) in [5.41, 5.74) is 0. The van der Waals surface area contributed by atoms with Crippen LogP contribution in [0.3, 0.4) is 0 Å². The maximum Gasteiger partial charge on any atom is 0.188 e. The lowest BCUT2D eigenvalue weighted by molar-refractivity contribution is 0.116. The van der Waals surface area contributed by atoms with E-state index in [0.29, 0.717) is 5.92 Å². The number of thiophene rings is 1. The fourth-order valence-corrected chi connectivity index (χ4v) is 3.08. The van der Waals surface area contributed by atoms with Crippen molar-refractivity contribution in [2.24, 2.45) is 5.92 Å². The van der Waals surface area contributed by atoms with Crippen molar-refractivity contribution in [1.82, 2.24) is 5.32 Å². The summed E-state index contributed by atoms with van der Waals surface area (Å²) < 4.78 is 6.21. The van der Waals surface area contributed by atoms with Gasteiger partial charge in [0.2, 0.25) is 0 Å². The third-order valence-corrected chi connectivity index (χ3v) is 4.53. The number of aliphatic hydroxyl groups is 1. The molecule has 2 N–H and O–H groups in total. The molecular weight excluding hydrogens is 302 g/mol. The molecule has 0 spiro atoms. The van der Waals surface area contributed by atoms with Gasteiger partial charge in [-0.1, -0.05) is 13.8 Å². The van der Waals surface area contributed by atoms with Crippen molar-refractivity contribution in [3.8, 4) is 5.06 Å². The molecule has 0 fully saturated rings. The van der Waals surface area contributed by atoms with E-state index in [0.717, 1.165) is 29.0 Å². The summed E-state index contributed by atoms with van der Waals surface area (Å²) in [5.74, 6) is 0.327. The minimum atomic E-state index is -0.216. The molecule has 0 amide bonds. The van der Waals surface area contributed by atoms with Crippen molar-refractivity contribution in [2.45, 2.75) is 32.9 Å². The fourth-order valence-electron chi connectivity index (χ4n) is 1.42. The minimum absolute atomic E-state index is 0.216. The van der Waals surface area contributed by atoms with Crippen molar-refractivity contribution in [2.75, 3.05) is 13.7 Å². The predicted octanol–water partition coefficient (Wildman–Crippen LogP) is 3.02. The van der Waals surface area contributed by atoms with Gasteiger partial charge in [-0.05, 0) is 40.9 Å². The van der Waals surface area contributed by atoms with Gasteiger partial charge in [-0.15, -0.1) is 11.3 Å². The number of methoxy groups -OCH3 is 1. The Balaban J connectivity index is 2.26. The van der Waals surface area contributed by atoms with Gasteiger partial charge in [-0.3, -0.25) is 0 Å². The lowest BCUT2D eigenvalue weighted by Gasteiger charge is -2.14. The quantitative estimate of drug-likeness (QED) is 0.758. The highest BCUT2D eigenvalue weighted by Gasteiger charge is 2.09. The Hall–Kier alpha value is -0.100. The molecule has 1 atom stereocenters. The lowest BCUT2D eigenvalue weighted by Crippen LogP contribution is -2.23. The molecule has 1 aromatic rings. The van der Waals surface area contributed by atoms with E-state index in [1.165, 1.54) is 4.88 Å². The van der Waals surface area contributed by atoms with Crippen LogP contribution in [0, 0.1) is 5.92 Å². The van der Waals surface area contributed by atoms with Gasteiger partial charge < -0.3 is 15.2 Å². The standard InChI is InChI=1S/C12H20BrNO2S/c1-8(2)11(15)4-5-14-7-9-6-10(13)12(16-3)17-9/h6,8,11,14-15H,4-5,7H2,1-3H3. The first kappa shape index (κ1) is 15.0. The van der Waals surface area contributed by atoms with Crippen LogP contribution in [-0.2, 0) is 6.54 Å². The molecule has 3 nitrogen and oxygen atoms in total. The van der Waals surface area contributed by atoms with Gasteiger partial charge in [0.15, 0.2) is 5.06 Å². The Morgan fingerprint density at radius 1 is 1.53 bits per heavy atom. The first-order chi connectivity index (χ1) is 8.04. The van der Waals surface area contributed by atoms with Crippen LogP contribution in [0.25, 0.3) is 0 Å². The number of hydrogen-bond acceptors (Lipinski definition) is 4. The van der Waals surface area contributed by atoms with Gasteiger partial charge in [-0.2, -0.15) is 0 Å². The second kappa shape index (κ2) is 7.36. The fraction of sp³-hybridized carbons (Fsp3) is 0.667. The number of halogens is 1. The van der Waals surface area contributed by atoms with Gasteiger partial charge >= 0.3 is 0 Å². The van der Waals surface area contributed by atoms with Gasteiger partial charge in [0.25, 0.3) is 0 Å². The second-order valence-corrected chi connectivity index (χ2v) is 6.28. The molecular formula is C12H20BrNO2S. The smallest absolute Gasteiger partial charge is 0.188 e. The van der Waals surface area contributed by atoms with E-state index in [9.17, 15) is 5.11 Å². The summed E-state index contributed by atoms with van der Waals surface area (Å²) in [4.78, 5) is 1.23. The first-order valence-electron chi connectivity index (χ1n) is 5.75. The minimum Gasteiger partial charge on any atom is -0.486 e. The van der Waals surface area contributed by atoms with Gasteiger partial charge in [0.1, 0.15) is 0 Å². The maximum absolute atomic E-state index is 9.65. The van der Waals surface area contributed by atoms with Gasteiger partial charge in [-0.25, -0.2) is 0 Å². The van der Waals surface area contributed by atoms with Crippen LogP contribution >= 0.6 is 27.3 Å². The number of nitrogens with one attached hydrogen (secondary N) is 1. The molecule has 0 saturated carbocycles. The van der Waals surface area contributed by atoms with E-state index in [2.05, 4.69) is 27.3 Å². The molecule has 1 heterocycles. The highest BCUT2D eigenvalue weighted by Crippen LogP contribution is 2.34. The largest absolute Gasteiger partial charge is 0.486 e. The highest BCUT2D eigenvalue weighted by molar-refractivity contribution is 9.10. The Morgan fingerprint density at radius 3 is 2.76 bits per heavy atom. The topological polar surface area (TPSA) is 41.5 Å². The second-order valence-electron chi connectivity index (χ2n) is 4.33. The van der Waals surface area contributed by atoms with E-state index >= 15 is 0 Å². The van der Waals surface area contributed by atoms with Gasteiger partial charge in [0, 0.05) is 11.4 Å². The number of hydrogen-bond donors (Lipinski definition) is 2. The zero-order valence-electron chi connectivity index (χ0n) is 10.5. The van der Waals surface area contributed by atoms with E-state index in [1.54, 1.807) is 18.4 Å². The zero-order chi connectivity index (χ0) is 12.8. The van der Waals surface area contributed by atoms with Crippen LogP contribution in [0.5, 0.6) is 5.06 Å². The Kier molecular flexibility index (Phi) is 6.48. The van der Waals surface area contributed by atoms with E-state index in [4.69, 9.17) is 4.74 Å². The van der Waals surface area contributed by atoms with Crippen LogP contribution in [0.15, 0.2) is 10.5 Å². The molecule has 1 aromatic heterocycles. The van der Waals surface area contributed by atoms with Crippen molar-refractivity contribution in [1.29, 1.82) is 0 Å². The summed E-state index contributed by atoms with van der Waals surface area (Å²) in [5, 5.41) is 13.9.